The van der Waals surface area contributed by atoms with Gasteiger partial charge in [-0.05, 0) is 56.8 Å². The third kappa shape index (κ3) is 4.72. The summed E-state index contributed by atoms with van der Waals surface area (Å²) < 4.78 is 1.88. The second-order valence-corrected chi connectivity index (χ2v) is 9.19. The van der Waals surface area contributed by atoms with E-state index in [0.717, 1.165) is 74.7 Å². The zero-order valence-corrected chi connectivity index (χ0v) is 19.4. The molecule has 0 unspecified atom stereocenters. The summed E-state index contributed by atoms with van der Waals surface area (Å²) in [5.74, 6) is 0.406. The van der Waals surface area contributed by atoms with E-state index in [-0.39, 0.29) is 11.6 Å². The molecule has 0 N–H and O–H groups in total. The molecule has 0 radical (unpaired) electrons. The molecule has 1 aromatic carbocycles. The Kier molecular flexibility index (Phi) is 7.13. The van der Waals surface area contributed by atoms with Gasteiger partial charge in [-0.15, -0.1) is 0 Å². The molecule has 6 nitrogen and oxygen atoms in total. The van der Waals surface area contributed by atoms with Crippen molar-refractivity contribution in [3.05, 3.63) is 51.6 Å². The average Bonchev–Trinajstić information content (AvgIpc) is 3.23. The van der Waals surface area contributed by atoms with Gasteiger partial charge in [0.1, 0.15) is 5.03 Å². The molecule has 166 valence electrons. The van der Waals surface area contributed by atoms with Gasteiger partial charge in [-0.2, -0.15) is 4.98 Å². The number of carbonyl (C=O) groups is 1. The summed E-state index contributed by atoms with van der Waals surface area (Å²) in [4.78, 5) is 34.5. The molecule has 0 spiro atoms. The summed E-state index contributed by atoms with van der Waals surface area (Å²) in [5, 5.41) is 0.764. The smallest absolute Gasteiger partial charge is 0.311 e. The minimum absolute atomic E-state index is 0.0898. The third-order valence-electron chi connectivity index (χ3n) is 6.51. The first-order valence-electron chi connectivity index (χ1n) is 11.5. The highest BCUT2D eigenvalue weighted by Crippen LogP contribution is 2.31. The molecule has 0 atom stereocenters. The lowest BCUT2D eigenvalue weighted by Gasteiger charge is -2.25. The van der Waals surface area contributed by atoms with Gasteiger partial charge in [0.2, 0.25) is 5.91 Å². The normalized spacial score (nSPS) is 15.3. The number of aromatic nitrogens is 2. The standard InChI is InChI=1S/C24H32N4O2S/c1-3-26(4-2)15-16-28-21-12-8-6-10-19(21)23(25-24(28)30)31-17-22(29)27-14-13-18-9-5-7-11-20(18)27/h5,7,9,11H,3-4,6,8,10,12-17H2,1-2H3. The van der Waals surface area contributed by atoms with Crippen LogP contribution in [0.1, 0.15) is 43.5 Å². The van der Waals surface area contributed by atoms with Crippen molar-refractivity contribution in [2.75, 3.05) is 36.8 Å². The van der Waals surface area contributed by atoms with Crippen LogP contribution in [-0.2, 0) is 30.6 Å². The maximum Gasteiger partial charge on any atom is 0.348 e. The molecule has 7 heteroatoms. The van der Waals surface area contributed by atoms with Crippen LogP contribution in [0.4, 0.5) is 5.69 Å². The van der Waals surface area contributed by atoms with Gasteiger partial charge in [-0.3, -0.25) is 9.36 Å². The maximum atomic E-state index is 12.9. The van der Waals surface area contributed by atoms with Gasteiger partial charge in [-0.25, -0.2) is 4.79 Å². The van der Waals surface area contributed by atoms with Crippen molar-refractivity contribution >= 4 is 23.4 Å². The number of hydrogen-bond acceptors (Lipinski definition) is 5. The third-order valence-corrected chi connectivity index (χ3v) is 7.51. The SMILES string of the molecule is CCN(CC)CCn1c2c(c(SCC(=O)N3CCc4ccccc43)nc1=O)CCCC2. The van der Waals surface area contributed by atoms with Gasteiger partial charge >= 0.3 is 5.69 Å². The highest BCUT2D eigenvalue weighted by atomic mass is 32.2. The quantitative estimate of drug-likeness (QED) is 0.466. The number of thioether (sulfide) groups is 1. The van der Waals surface area contributed by atoms with Gasteiger partial charge in [0.15, 0.2) is 0 Å². The summed E-state index contributed by atoms with van der Waals surface area (Å²) in [6.45, 7) is 8.54. The Morgan fingerprint density at radius 1 is 1.13 bits per heavy atom. The Balaban J connectivity index is 1.51. The Labute approximate surface area is 188 Å². The molecule has 2 aromatic rings. The van der Waals surface area contributed by atoms with Gasteiger partial charge in [0.05, 0.1) is 5.75 Å². The summed E-state index contributed by atoms with van der Waals surface area (Å²) >= 11 is 1.43. The number of benzene rings is 1. The van der Waals surface area contributed by atoms with Crippen LogP contribution in [-0.4, -0.2) is 52.3 Å². The van der Waals surface area contributed by atoms with Crippen LogP contribution >= 0.6 is 11.8 Å². The lowest BCUT2D eigenvalue weighted by atomic mass is 9.97. The first-order valence-corrected chi connectivity index (χ1v) is 12.5. The predicted octanol–water partition coefficient (Wildman–Crippen LogP) is 3.15. The number of rotatable bonds is 8. The van der Waals surface area contributed by atoms with E-state index < -0.39 is 0 Å². The van der Waals surface area contributed by atoms with E-state index in [1.54, 1.807) is 0 Å². The van der Waals surface area contributed by atoms with Crippen LogP contribution < -0.4 is 10.6 Å². The fraction of sp³-hybridized carbons (Fsp3) is 0.542. The average molecular weight is 441 g/mol. The molecule has 2 aliphatic rings. The zero-order chi connectivity index (χ0) is 21.8. The van der Waals surface area contributed by atoms with E-state index in [1.165, 1.54) is 22.9 Å². The van der Waals surface area contributed by atoms with E-state index in [9.17, 15) is 9.59 Å². The van der Waals surface area contributed by atoms with E-state index >= 15 is 0 Å². The van der Waals surface area contributed by atoms with Crippen LogP contribution in [0.2, 0.25) is 0 Å². The number of carbonyl (C=O) groups excluding carboxylic acids is 1. The van der Waals surface area contributed by atoms with Crippen molar-refractivity contribution < 1.29 is 4.79 Å². The zero-order valence-electron chi connectivity index (χ0n) is 18.6. The number of hydrogen-bond donors (Lipinski definition) is 0. The summed E-state index contributed by atoms with van der Waals surface area (Å²) in [6.07, 6.45) is 4.99. The molecular weight excluding hydrogens is 408 g/mol. The highest BCUT2D eigenvalue weighted by Gasteiger charge is 2.26. The minimum atomic E-state index is -0.172. The first-order chi connectivity index (χ1) is 15.1. The van der Waals surface area contributed by atoms with Crippen LogP contribution in [0, 0.1) is 0 Å². The molecule has 4 rings (SSSR count). The molecule has 0 bridgehead atoms. The van der Waals surface area contributed by atoms with E-state index in [2.05, 4.69) is 29.8 Å². The van der Waals surface area contributed by atoms with Crippen LogP contribution in [0.25, 0.3) is 0 Å². The van der Waals surface area contributed by atoms with Gasteiger partial charge in [0.25, 0.3) is 0 Å². The maximum absolute atomic E-state index is 12.9. The topological polar surface area (TPSA) is 58.4 Å². The van der Waals surface area contributed by atoms with Gasteiger partial charge < -0.3 is 9.80 Å². The van der Waals surface area contributed by atoms with E-state index in [4.69, 9.17) is 0 Å². The Morgan fingerprint density at radius 2 is 1.90 bits per heavy atom. The molecule has 0 saturated carbocycles. The molecule has 1 amide bonds. The predicted molar refractivity (Wildman–Crippen MR) is 126 cm³/mol. The number of anilines is 1. The van der Waals surface area contributed by atoms with Crippen molar-refractivity contribution in [3.8, 4) is 0 Å². The van der Waals surface area contributed by atoms with E-state index in [1.807, 2.05) is 27.7 Å². The van der Waals surface area contributed by atoms with Crippen molar-refractivity contribution in [2.45, 2.75) is 57.5 Å². The lowest BCUT2D eigenvalue weighted by molar-refractivity contribution is -0.116. The summed E-state index contributed by atoms with van der Waals surface area (Å²) in [7, 11) is 0. The molecule has 1 aromatic heterocycles. The Hall–Kier alpha value is -2.12. The second kappa shape index (κ2) is 10.0. The highest BCUT2D eigenvalue weighted by molar-refractivity contribution is 8.00. The first kappa shape index (κ1) is 22.1. The van der Waals surface area contributed by atoms with Crippen LogP contribution in [0.5, 0.6) is 0 Å². The molecule has 0 fully saturated rings. The molecule has 0 saturated heterocycles. The monoisotopic (exact) mass is 440 g/mol. The fourth-order valence-corrected chi connectivity index (χ4v) is 5.64. The molecule has 31 heavy (non-hydrogen) atoms. The molecule has 2 heterocycles. The van der Waals surface area contributed by atoms with Crippen molar-refractivity contribution in [2.24, 2.45) is 0 Å². The minimum Gasteiger partial charge on any atom is -0.311 e. The van der Waals surface area contributed by atoms with Crippen molar-refractivity contribution in [3.63, 3.8) is 0 Å². The summed E-state index contributed by atoms with van der Waals surface area (Å²) in [5.41, 5.74) is 4.40. The van der Waals surface area contributed by atoms with Crippen molar-refractivity contribution in [1.29, 1.82) is 0 Å². The number of likely N-dealkylation sites (N-methyl/N-ethyl adjacent to an activating group) is 1. The number of fused-ring (bicyclic) bond motifs is 2. The number of nitrogens with zero attached hydrogens (tertiary/aromatic N) is 4. The van der Waals surface area contributed by atoms with Gasteiger partial charge in [-0.1, -0.05) is 43.8 Å². The largest absolute Gasteiger partial charge is 0.348 e. The number of para-hydroxylation sites is 1. The van der Waals surface area contributed by atoms with Crippen LogP contribution in [0.15, 0.2) is 34.1 Å². The Morgan fingerprint density at radius 3 is 2.71 bits per heavy atom. The molecule has 1 aliphatic carbocycles. The van der Waals surface area contributed by atoms with Gasteiger partial charge in [0, 0.05) is 36.6 Å². The second-order valence-electron chi connectivity index (χ2n) is 8.22. The van der Waals surface area contributed by atoms with Crippen LogP contribution in [0.3, 0.4) is 0 Å². The van der Waals surface area contributed by atoms with E-state index in [0.29, 0.717) is 12.3 Å². The Bertz CT molecular complexity index is 1000. The lowest BCUT2D eigenvalue weighted by Crippen LogP contribution is -2.35. The molecular formula is C24H32N4O2S. The summed E-state index contributed by atoms with van der Waals surface area (Å²) in [6, 6.07) is 8.11. The molecule has 1 aliphatic heterocycles. The van der Waals surface area contributed by atoms with Crippen molar-refractivity contribution in [1.82, 2.24) is 14.5 Å². The number of amides is 1. The fourth-order valence-electron chi connectivity index (χ4n) is 4.68.